The Morgan fingerprint density at radius 2 is 2.10 bits per heavy atom. The molecule has 0 atom stereocenters. The van der Waals surface area contributed by atoms with Crippen LogP contribution in [0.1, 0.15) is 33.3 Å². The Bertz CT molecular complexity index is 619. The first-order valence-electron chi connectivity index (χ1n) is 6.13. The minimum absolute atomic E-state index is 0.126. The second-order valence-electron chi connectivity index (χ2n) is 4.35. The van der Waals surface area contributed by atoms with E-state index in [2.05, 4.69) is 19.7 Å². The molecule has 0 aliphatic rings. The van der Waals surface area contributed by atoms with Crippen molar-refractivity contribution in [2.75, 3.05) is 12.4 Å². The van der Waals surface area contributed by atoms with Gasteiger partial charge in [0.15, 0.2) is 0 Å². The maximum atomic E-state index is 12.1. The predicted octanol–water partition coefficient (Wildman–Crippen LogP) is 2.26. The summed E-state index contributed by atoms with van der Waals surface area (Å²) in [5.41, 5.74) is 2.70. The molecule has 2 heterocycles. The lowest BCUT2D eigenvalue weighted by atomic mass is 10.2. The van der Waals surface area contributed by atoms with Crippen molar-refractivity contribution >= 4 is 22.5 Å². The van der Waals surface area contributed by atoms with Gasteiger partial charge in [-0.3, -0.25) is 0 Å². The van der Waals surface area contributed by atoms with Crippen molar-refractivity contribution in [2.24, 2.45) is 0 Å². The monoisotopic (exact) mass is 292 g/mol. The van der Waals surface area contributed by atoms with Crippen molar-refractivity contribution in [1.82, 2.24) is 14.3 Å². The molecule has 6 nitrogen and oxygen atoms in total. The van der Waals surface area contributed by atoms with E-state index in [4.69, 9.17) is 4.74 Å². The highest BCUT2D eigenvalue weighted by Gasteiger charge is 2.19. The van der Waals surface area contributed by atoms with Crippen molar-refractivity contribution < 1.29 is 9.53 Å². The molecule has 0 saturated carbocycles. The Balaban J connectivity index is 2.10. The molecular weight excluding hydrogens is 276 g/mol. The van der Waals surface area contributed by atoms with Crippen LogP contribution >= 0.6 is 11.5 Å². The minimum Gasteiger partial charge on any atom is -0.455 e. The molecule has 0 aromatic carbocycles. The number of carbonyl (C=O) groups excluding carboxylic acids is 1. The van der Waals surface area contributed by atoms with Crippen LogP contribution in [0, 0.1) is 20.8 Å². The van der Waals surface area contributed by atoms with Gasteiger partial charge in [0, 0.05) is 12.7 Å². The molecule has 7 heteroatoms. The summed E-state index contributed by atoms with van der Waals surface area (Å²) >= 11 is 1.24. The lowest BCUT2D eigenvalue weighted by Crippen LogP contribution is -2.09. The standard InChI is InChI=1S/C13H16N4O2S/c1-7-5-10(16-9(3)15-7)6-19-13(18)11-8(2)17-20-12(11)14-4/h5,14H,6H2,1-4H3. The largest absolute Gasteiger partial charge is 0.455 e. The quantitative estimate of drug-likeness (QED) is 0.871. The first-order chi connectivity index (χ1) is 9.51. The van der Waals surface area contributed by atoms with Gasteiger partial charge in [0.2, 0.25) is 0 Å². The first kappa shape index (κ1) is 14.4. The summed E-state index contributed by atoms with van der Waals surface area (Å²) in [5.74, 6) is 0.273. The molecule has 0 aliphatic carbocycles. The molecule has 2 rings (SSSR count). The van der Waals surface area contributed by atoms with E-state index in [1.54, 1.807) is 20.0 Å². The molecular formula is C13H16N4O2S. The van der Waals surface area contributed by atoms with E-state index >= 15 is 0 Å². The Labute approximate surface area is 121 Å². The highest BCUT2D eigenvalue weighted by molar-refractivity contribution is 7.10. The normalized spacial score (nSPS) is 10.4. The summed E-state index contributed by atoms with van der Waals surface area (Å²) < 4.78 is 9.45. The van der Waals surface area contributed by atoms with E-state index < -0.39 is 5.97 Å². The molecule has 106 valence electrons. The van der Waals surface area contributed by atoms with Crippen LogP contribution in [-0.4, -0.2) is 27.4 Å². The van der Waals surface area contributed by atoms with Gasteiger partial charge in [-0.2, -0.15) is 4.37 Å². The SMILES string of the molecule is CNc1snc(C)c1C(=O)OCc1cc(C)nc(C)n1. The number of hydrogen-bond acceptors (Lipinski definition) is 7. The zero-order chi connectivity index (χ0) is 14.7. The molecule has 1 N–H and O–H groups in total. The lowest BCUT2D eigenvalue weighted by Gasteiger charge is -2.06. The van der Waals surface area contributed by atoms with Crippen molar-refractivity contribution in [3.05, 3.63) is 34.5 Å². The summed E-state index contributed by atoms with van der Waals surface area (Å²) in [6.07, 6.45) is 0. The number of anilines is 1. The van der Waals surface area contributed by atoms with Crippen molar-refractivity contribution in [3.63, 3.8) is 0 Å². The van der Waals surface area contributed by atoms with Crippen LogP contribution < -0.4 is 5.32 Å². The molecule has 0 bridgehead atoms. The predicted molar refractivity (Wildman–Crippen MR) is 77.0 cm³/mol. The summed E-state index contributed by atoms with van der Waals surface area (Å²) in [6, 6.07) is 1.80. The second-order valence-corrected chi connectivity index (χ2v) is 5.12. The number of rotatable bonds is 4. The average molecular weight is 292 g/mol. The molecule has 0 radical (unpaired) electrons. The molecule has 0 aliphatic heterocycles. The Kier molecular flexibility index (Phi) is 4.29. The van der Waals surface area contributed by atoms with Gasteiger partial charge in [-0.05, 0) is 38.4 Å². The van der Waals surface area contributed by atoms with Crippen LogP contribution in [0.2, 0.25) is 0 Å². The van der Waals surface area contributed by atoms with Crippen LogP contribution in [0.25, 0.3) is 0 Å². The number of aromatic nitrogens is 3. The number of nitrogens with zero attached hydrogens (tertiary/aromatic N) is 3. The smallest absolute Gasteiger partial charge is 0.343 e. The fourth-order valence-corrected chi connectivity index (χ4v) is 2.59. The number of esters is 1. The topological polar surface area (TPSA) is 77.0 Å². The molecule has 0 unspecified atom stereocenters. The summed E-state index contributed by atoms with van der Waals surface area (Å²) in [6.45, 7) is 5.60. The van der Waals surface area contributed by atoms with Gasteiger partial charge in [-0.25, -0.2) is 14.8 Å². The van der Waals surface area contributed by atoms with Crippen LogP contribution in [0.3, 0.4) is 0 Å². The van der Waals surface area contributed by atoms with E-state index in [-0.39, 0.29) is 6.61 Å². The number of ether oxygens (including phenoxy) is 1. The van der Waals surface area contributed by atoms with E-state index in [0.717, 1.165) is 5.69 Å². The van der Waals surface area contributed by atoms with Gasteiger partial charge in [-0.1, -0.05) is 0 Å². The maximum Gasteiger partial charge on any atom is 0.343 e. The summed E-state index contributed by atoms with van der Waals surface area (Å²) in [7, 11) is 1.75. The van der Waals surface area contributed by atoms with Crippen LogP contribution in [0.5, 0.6) is 0 Å². The average Bonchev–Trinajstić information content (AvgIpc) is 2.76. The van der Waals surface area contributed by atoms with Gasteiger partial charge < -0.3 is 10.1 Å². The fourth-order valence-electron chi connectivity index (χ4n) is 1.86. The van der Waals surface area contributed by atoms with Crippen molar-refractivity contribution in [1.29, 1.82) is 0 Å². The van der Waals surface area contributed by atoms with Gasteiger partial charge in [0.25, 0.3) is 0 Å². The highest BCUT2D eigenvalue weighted by atomic mass is 32.1. The van der Waals surface area contributed by atoms with Crippen LogP contribution in [0.15, 0.2) is 6.07 Å². The van der Waals surface area contributed by atoms with Gasteiger partial charge in [-0.15, -0.1) is 0 Å². The molecule has 0 fully saturated rings. The van der Waals surface area contributed by atoms with E-state index in [1.165, 1.54) is 11.5 Å². The zero-order valence-corrected chi connectivity index (χ0v) is 12.7. The fraction of sp³-hybridized carbons (Fsp3) is 0.385. The molecule has 0 spiro atoms. The number of hydrogen-bond donors (Lipinski definition) is 1. The third-order valence-corrected chi connectivity index (χ3v) is 3.62. The van der Waals surface area contributed by atoms with E-state index in [0.29, 0.717) is 27.8 Å². The highest BCUT2D eigenvalue weighted by Crippen LogP contribution is 2.24. The molecule has 0 saturated heterocycles. The molecule has 2 aromatic heterocycles. The molecule has 20 heavy (non-hydrogen) atoms. The van der Waals surface area contributed by atoms with Gasteiger partial charge in [0.05, 0.1) is 11.4 Å². The minimum atomic E-state index is -0.394. The van der Waals surface area contributed by atoms with Crippen LogP contribution in [-0.2, 0) is 11.3 Å². The lowest BCUT2D eigenvalue weighted by molar-refractivity contribution is 0.0467. The zero-order valence-electron chi connectivity index (χ0n) is 11.9. The Morgan fingerprint density at radius 1 is 1.35 bits per heavy atom. The van der Waals surface area contributed by atoms with Gasteiger partial charge >= 0.3 is 5.97 Å². The summed E-state index contributed by atoms with van der Waals surface area (Å²) in [5, 5.41) is 3.65. The number of aryl methyl sites for hydroxylation is 3. The van der Waals surface area contributed by atoms with Crippen molar-refractivity contribution in [3.8, 4) is 0 Å². The third kappa shape index (κ3) is 3.11. The Morgan fingerprint density at radius 3 is 2.75 bits per heavy atom. The van der Waals surface area contributed by atoms with Gasteiger partial charge in [0.1, 0.15) is 23.0 Å². The second kappa shape index (κ2) is 5.96. The first-order valence-corrected chi connectivity index (χ1v) is 6.91. The van der Waals surface area contributed by atoms with Crippen LogP contribution in [0.4, 0.5) is 5.00 Å². The Hall–Kier alpha value is -2.02. The third-order valence-electron chi connectivity index (χ3n) is 2.66. The van der Waals surface area contributed by atoms with E-state index in [9.17, 15) is 4.79 Å². The maximum absolute atomic E-state index is 12.1. The number of carbonyl (C=O) groups is 1. The van der Waals surface area contributed by atoms with Crippen molar-refractivity contribution in [2.45, 2.75) is 27.4 Å². The molecule has 2 aromatic rings. The van der Waals surface area contributed by atoms with E-state index in [1.807, 2.05) is 13.8 Å². The summed E-state index contributed by atoms with van der Waals surface area (Å²) in [4.78, 5) is 20.5. The number of nitrogens with one attached hydrogen (secondary N) is 1. The molecule has 0 amide bonds.